The van der Waals surface area contributed by atoms with Crippen LogP contribution in [0.4, 0.5) is 5.69 Å². The second-order valence-corrected chi connectivity index (χ2v) is 9.32. The van der Waals surface area contributed by atoms with Crippen LogP contribution in [0.1, 0.15) is 55.8 Å². The molecule has 0 saturated heterocycles. The maximum atomic E-state index is 12.7. The molecule has 0 spiro atoms. The Labute approximate surface area is 155 Å². The molecule has 0 aromatic heterocycles. The van der Waals surface area contributed by atoms with Crippen LogP contribution >= 0.6 is 0 Å². The maximum Gasteiger partial charge on any atom is 0.251 e. The number of anilines is 1. The van der Waals surface area contributed by atoms with Crippen molar-refractivity contribution in [3.05, 3.63) is 29.8 Å². The van der Waals surface area contributed by atoms with Gasteiger partial charge in [0.15, 0.2) is 0 Å². The molecule has 5 aliphatic rings. The number of hydrogen-bond acceptors (Lipinski definition) is 2. The molecule has 4 bridgehead atoms. The highest BCUT2D eigenvalue weighted by Gasteiger charge is 2.48. The van der Waals surface area contributed by atoms with E-state index in [9.17, 15) is 9.59 Å². The molecule has 5 fully saturated rings. The summed E-state index contributed by atoms with van der Waals surface area (Å²) in [4.78, 5) is 24.8. The van der Waals surface area contributed by atoms with E-state index in [1.54, 1.807) is 0 Å². The minimum absolute atomic E-state index is 0.0381. The van der Waals surface area contributed by atoms with Crippen LogP contribution in [0.3, 0.4) is 0 Å². The molecule has 2 N–H and O–H groups in total. The summed E-state index contributed by atoms with van der Waals surface area (Å²) in [6.07, 6.45) is 7.65. The first-order valence-corrected chi connectivity index (χ1v) is 10.3. The third-order valence-corrected chi connectivity index (χ3v) is 7.39. The molecule has 0 heterocycles. The van der Waals surface area contributed by atoms with Crippen molar-refractivity contribution in [2.24, 2.45) is 35.5 Å². The molecule has 4 nitrogen and oxygen atoms in total. The van der Waals surface area contributed by atoms with E-state index >= 15 is 0 Å². The van der Waals surface area contributed by atoms with Crippen molar-refractivity contribution in [3.8, 4) is 0 Å². The fraction of sp³-hybridized carbons (Fsp3) is 0.636. The van der Waals surface area contributed by atoms with Gasteiger partial charge in [0.2, 0.25) is 5.91 Å². The zero-order valence-corrected chi connectivity index (χ0v) is 15.4. The lowest BCUT2D eigenvalue weighted by Crippen LogP contribution is -2.55. The fourth-order valence-electron chi connectivity index (χ4n) is 6.02. The number of amides is 2. The van der Waals surface area contributed by atoms with Gasteiger partial charge in [0.1, 0.15) is 0 Å². The zero-order chi connectivity index (χ0) is 17.8. The van der Waals surface area contributed by atoms with Gasteiger partial charge in [-0.05, 0) is 92.4 Å². The quantitative estimate of drug-likeness (QED) is 0.865. The molecule has 1 aromatic rings. The Morgan fingerprint density at radius 1 is 0.885 bits per heavy atom. The summed E-state index contributed by atoms with van der Waals surface area (Å²) in [5.41, 5.74) is 1.47. The van der Waals surface area contributed by atoms with Crippen LogP contribution in [0.15, 0.2) is 24.3 Å². The number of benzene rings is 1. The summed E-state index contributed by atoms with van der Waals surface area (Å²) in [6, 6.07) is 7.72. The number of carbonyl (C=O) groups is 2. The molecule has 1 aromatic carbocycles. The summed E-state index contributed by atoms with van der Waals surface area (Å²) in [5, 5.41) is 6.30. The average molecular weight is 352 g/mol. The molecule has 0 radical (unpaired) electrons. The largest absolute Gasteiger partial charge is 0.349 e. The van der Waals surface area contributed by atoms with Crippen LogP contribution in [0.5, 0.6) is 0 Å². The highest BCUT2D eigenvalue weighted by atomic mass is 16.2. The monoisotopic (exact) mass is 352 g/mol. The van der Waals surface area contributed by atoms with Crippen LogP contribution in [0.25, 0.3) is 0 Å². The Bertz CT molecular complexity index is 698. The van der Waals surface area contributed by atoms with Gasteiger partial charge in [0.25, 0.3) is 5.91 Å². The van der Waals surface area contributed by atoms with E-state index in [0.717, 1.165) is 23.9 Å². The smallest absolute Gasteiger partial charge is 0.251 e. The topological polar surface area (TPSA) is 58.2 Å². The van der Waals surface area contributed by atoms with Crippen LogP contribution in [-0.4, -0.2) is 17.9 Å². The number of nitrogens with one attached hydrogen (secondary N) is 2. The molecule has 2 atom stereocenters. The van der Waals surface area contributed by atoms with Gasteiger partial charge in [-0.15, -0.1) is 0 Å². The van der Waals surface area contributed by atoms with Crippen LogP contribution < -0.4 is 10.6 Å². The Morgan fingerprint density at radius 2 is 1.46 bits per heavy atom. The van der Waals surface area contributed by atoms with E-state index in [1.807, 2.05) is 24.3 Å². The first kappa shape index (κ1) is 16.3. The summed E-state index contributed by atoms with van der Waals surface area (Å²) >= 11 is 0. The molecule has 6 rings (SSSR count). The summed E-state index contributed by atoms with van der Waals surface area (Å²) in [7, 11) is 0. The predicted molar refractivity (Wildman–Crippen MR) is 101 cm³/mol. The lowest BCUT2D eigenvalue weighted by molar-refractivity contribution is -0.117. The molecule has 5 aliphatic carbocycles. The fourth-order valence-corrected chi connectivity index (χ4v) is 6.02. The van der Waals surface area contributed by atoms with Crippen LogP contribution in [0.2, 0.25) is 0 Å². The minimum Gasteiger partial charge on any atom is -0.349 e. The van der Waals surface area contributed by atoms with Gasteiger partial charge in [-0.1, -0.05) is 6.92 Å². The van der Waals surface area contributed by atoms with Gasteiger partial charge in [-0.2, -0.15) is 0 Å². The van der Waals surface area contributed by atoms with Crippen molar-refractivity contribution in [2.45, 2.75) is 51.5 Å². The molecular formula is C22H28N2O2. The van der Waals surface area contributed by atoms with E-state index < -0.39 is 0 Å². The summed E-state index contributed by atoms with van der Waals surface area (Å²) < 4.78 is 0. The van der Waals surface area contributed by atoms with Gasteiger partial charge in [-0.3, -0.25) is 9.59 Å². The third kappa shape index (κ3) is 2.93. The number of rotatable bonds is 4. The van der Waals surface area contributed by atoms with E-state index in [4.69, 9.17) is 0 Å². The van der Waals surface area contributed by atoms with Crippen molar-refractivity contribution in [1.82, 2.24) is 5.32 Å². The molecule has 2 amide bonds. The predicted octanol–water partition coefficient (Wildman–Crippen LogP) is 3.84. The van der Waals surface area contributed by atoms with E-state index in [0.29, 0.717) is 29.4 Å². The maximum absolute atomic E-state index is 12.7. The van der Waals surface area contributed by atoms with Crippen molar-refractivity contribution >= 4 is 17.5 Å². The zero-order valence-electron chi connectivity index (χ0n) is 15.4. The van der Waals surface area contributed by atoms with Gasteiger partial charge >= 0.3 is 0 Å². The van der Waals surface area contributed by atoms with Crippen molar-refractivity contribution < 1.29 is 9.59 Å². The molecular weight excluding hydrogens is 324 g/mol. The molecule has 0 aliphatic heterocycles. The number of carbonyl (C=O) groups excluding carboxylic acids is 2. The van der Waals surface area contributed by atoms with Gasteiger partial charge in [0.05, 0.1) is 0 Å². The van der Waals surface area contributed by atoms with E-state index in [1.165, 1.54) is 32.1 Å². The lowest BCUT2D eigenvalue weighted by Gasteiger charge is -2.54. The van der Waals surface area contributed by atoms with Crippen LogP contribution in [-0.2, 0) is 4.79 Å². The highest BCUT2D eigenvalue weighted by molar-refractivity contribution is 5.97. The summed E-state index contributed by atoms with van der Waals surface area (Å²) in [6.45, 7) is 2.10. The Balaban J connectivity index is 1.21. The molecule has 5 saturated carbocycles. The Morgan fingerprint density at radius 3 is 2.00 bits per heavy atom. The SMILES string of the molecule is CC1CC1C(=O)Nc1ccc(C(=O)NC2C3CC4CC(C3)CC2C4)cc1. The van der Waals surface area contributed by atoms with Gasteiger partial charge in [-0.25, -0.2) is 0 Å². The normalized spacial score (nSPS) is 39.5. The van der Waals surface area contributed by atoms with Gasteiger partial charge in [0, 0.05) is 23.2 Å². The van der Waals surface area contributed by atoms with E-state index in [2.05, 4.69) is 17.6 Å². The molecule has 2 unspecified atom stereocenters. The Kier molecular flexibility index (Phi) is 3.84. The average Bonchev–Trinajstić information content (AvgIpc) is 3.35. The standard InChI is InChI=1S/C22H28N2O2/c1-12-6-19(12)22(26)23-18-4-2-15(3-5-18)21(25)24-20-16-8-13-7-14(10-16)11-17(20)9-13/h2-5,12-14,16-17,19-20H,6-11H2,1H3,(H,23,26)(H,24,25). The molecule has 4 heteroatoms. The van der Waals surface area contributed by atoms with Gasteiger partial charge < -0.3 is 10.6 Å². The van der Waals surface area contributed by atoms with Crippen molar-refractivity contribution in [3.63, 3.8) is 0 Å². The third-order valence-electron chi connectivity index (χ3n) is 7.39. The first-order valence-electron chi connectivity index (χ1n) is 10.3. The molecule has 26 heavy (non-hydrogen) atoms. The van der Waals surface area contributed by atoms with Crippen LogP contribution in [0, 0.1) is 35.5 Å². The van der Waals surface area contributed by atoms with E-state index in [-0.39, 0.29) is 17.7 Å². The van der Waals surface area contributed by atoms with Crippen molar-refractivity contribution in [2.75, 3.05) is 5.32 Å². The van der Waals surface area contributed by atoms with Crippen molar-refractivity contribution in [1.29, 1.82) is 0 Å². The summed E-state index contributed by atoms with van der Waals surface area (Å²) in [5.74, 6) is 4.02. The highest BCUT2D eigenvalue weighted by Crippen LogP contribution is 2.53. The Hall–Kier alpha value is -1.84. The number of hydrogen-bond donors (Lipinski definition) is 2. The lowest BCUT2D eigenvalue weighted by atomic mass is 9.54. The minimum atomic E-state index is 0.0381. The molecule has 138 valence electrons. The second kappa shape index (κ2) is 6.11. The first-order chi connectivity index (χ1) is 12.6. The second-order valence-electron chi connectivity index (χ2n) is 9.32.